The van der Waals surface area contributed by atoms with Crippen LogP contribution >= 0.6 is 11.3 Å². The number of nitrogens with two attached hydrogens (primary N) is 1. The molecule has 1 aromatic heterocycles. The molecule has 0 radical (unpaired) electrons. The van der Waals surface area contributed by atoms with Gasteiger partial charge < -0.3 is 15.8 Å². The first-order valence-electron chi connectivity index (χ1n) is 8.91. The lowest BCUT2D eigenvalue weighted by Crippen LogP contribution is -2.28. The van der Waals surface area contributed by atoms with Crippen LogP contribution in [0.15, 0.2) is 72.8 Å². The Bertz CT molecular complexity index is 1110. The van der Waals surface area contributed by atoms with E-state index in [1.54, 1.807) is 17.4 Å². The van der Waals surface area contributed by atoms with Crippen LogP contribution < -0.4 is 15.8 Å². The van der Waals surface area contributed by atoms with Gasteiger partial charge in [-0.25, -0.2) is 4.98 Å². The first kappa shape index (κ1) is 18.0. The van der Waals surface area contributed by atoms with Crippen molar-refractivity contribution in [3.63, 3.8) is 0 Å². The van der Waals surface area contributed by atoms with E-state index in [4.69, 9.17) is 10.5 Å². The maximum Gasteiger partial charge on any atom is 0.251 e. The number of nitrogens with zero attached hydrogens (tertiary/aromatic N) is 1. The standard InChI is InChI=1S/C22H19N3O2S/c23-17-6-4-5-16(13-17)22-25-19-10-9-15(14-20(19)28-22)21(26)24-11-12-27-18-7-2-1-3-8-18/h1-10,13-14H,11-12,23H2,(H,24,26). The number of fused-ring (bicyclic) bond motifs is 1. The molecule has 1 heterocycles. The summed E-state index contributed by atoms with van der Waals surface area (Å²) in [7, 11) is 0. The predicted octanol–water partition coefficient (Wildman–Crippen LogP) is 4.35. The number of thiazole rings is 1. The number of anilines is 1. The van der Waals surface area contributed by atoms with E-state index < -0.39 is 0 Å². The molecule has 4 aromatic rings. The van der Waals surface area contributed by atoms with Crippen LogP contribution in [0.3, 0.4) is 0 Å². The van der Waals surface area contributed by atoms with Crippen LogP contribution in [-0.4, -0.2) is 24.0 Å². The fourth-order valence-electron chi connectivity index (χ4n) is 2.81. The minimum atomic E-state index is -0.127. The van der Waals surface area contributed by atoms with E-state index in [1.165, 1.54) is 0 Å². The molecule has 3 N–H and O–H groups in total. The van der Waals surface area contributed by atoms with Gasteiger partial charge in [-0.1, -0.05) is 30.3 Å². The Hall–Kier alpha value is -3.38. The molecule has 5 nitrogen and oxygen atoms in total. The Balaban J connectivity index is 1.41. The molecule has 28 heavy (non-hydrogen) atoms. The molecule has 0 saturated heterocycles. The Morgan fingerprint density at radius 3 is 2.71 bits per heavy atom. The normalized spacial score (nSPS) is 10.7. The van der Waals surface area contributed by atoms with Gasteiger partial charge in [-0.2, -0.15) is 0 Å². The van der Waals surface area contributed by atoms with Crippen molar-refractivity contribution in [2.45, 2.75) is 0 Å². The van der Waals surface area contributed by atoms with Gasteiger partial charge in [-0.05, 0) is 42.5 Å². The average molecular weight is 389 g/mol. The molecular formula is C22H19N3O2S. The quantitative estimate of drug-likeness (QED) is 0.380. The number of carbonyl (C=O) groups is 1. The number of aromatic nitrogens is 1. The minimum Gasteiger partial charge on any atom is -0.492 e. The SMILES string of the molecule is Nc1cccc(-c2nc3ccc(C(=O)NCCOc4ccccc4)cc3s2)c1. The molecule has 0 aliphatic rings. The van der Waals surface area contributed by atoms with E-state index in [0.717, 1.165) is 26.5 Å². The molecular weight excluding hydrogens is 370 g/mol. The largest absolute Gasteiger partial charge is 0.492 e. The lowest BCUT2D eigenvalue weighted by atomic mass is 10.2. The third kappa shape index (κ3) is 4.13. The van der Waals surface area contributed by atoms with Crippen LogP contribution in [0.1, 0.15) is 10.4 Å². The van der Waals surface area contributed by atoms with E-state index in [0.29, 0.717) is 24.4 Å². The monoisotopic (exact) mass is 389 g/mol. The van der Waals surface area contributed by atoms with Crippen LogP contribution in [0.4, 0.5) is 5.69 Å². The number of para-hydroxylation sites is 1. The maximum atomic E-state index is 12.4. The van der Waals surface area contributed by atoms with Crippen molar-refractivity contribution < 1.29 is 9.53 Å². The van der Waals surface area contributed by atoms with Gasteiger partial charge in [0.1, 0.15) is 17.4 Å². The van der Waals surface area contributed by atoms with Crippen molar-refractivity contribution in [1.82, 2.24) is 10.3 Å². The number of benzene rings is 3. The highest BCUT2D eigenvalue weighted by atomic mass is 32.1. The highest BCUT2D eigenvalue weighted by Crippen LogP contribution is 2.31. The Kier molecular flexibility index (Phi) is 5.21. The van der Waals surface area contributed by atoms with Gasteiger partial charge in [-0.3, -0.25) is 4.79 Å². The first-order chi connectivity index (χ1) is 13.7. The molecule has 1 amide bonds. The number of ether oxygens (including phenoxy) is 1. The number of hydrogen-bond acceptors (Lipinski definition) is 5. The Morgan fingerprint density at radius 1 is 1.04 bits per heavy atom. The average Bonchev–Trinajstić information content (AvgIpc) is 3.15. The molecule has 3 aromatic carbocycles. The fraction of sp³-hybridized carbons (Fsp3) is 0.0909. The zero-order valence-corrected chi connectivity index (χ0v) is 15.9. The van der Waals surface area contributed by atoms with Crippen LogP contribution in [-0.2, 0) is 0 Å². The van der Waals surface area contributed by atoms with Gasteiger partial charge in [0.2, 0.25) is 0 Å². The van der Waals surface area contributed by atoms with Crippen molar-refractivity contribution in [2.75, 3.05) is 18.9 Å². The second-order valence-corrected chi connectivity index (χ2v) is 7.28. The summed E-state index contributed by atoms with van der Waals surface area (Å²) in [5.41, 5.74) is 9.02. The fourth-order valence-corrected chi connectivity index (χ4v) is 3.81. The smallest absolute Gasteiger partial charge is 0.251 e. The summed E-state index contributed by atoms with van der Waals surface area (Å²) in [4.78, 5) is 17.1. The number of nitrogen functional groups attached to an aromatic ring is 1. The maximum absolute atomic E-state index is 12.4. The number of rotatable bonds is 6. The summed E-state index contributed by atoms with van der Waals surface area (Å²) in [6.45, 7) is 0.848. The summed E-state index contributed by atoms with van der Waals surface area (Å²) >= 11 is 1.54. The Morgan fingerprint density at radius 2 is 1.89 bits per heavy atom. The van der Waals surface area contributed by atoms with Crippen molar-refractivity contribution in [1.29, 1.82) is 0 Å². The molecule has 6 heteroatoms. The number of carbonyl (C=O) groups excluding carboxylic acids is 1. The van der Waals surface area contributed by atoms with Crippen molar-refractivity contribution in [2.24, 2.45) is 0 Å². The first-order valence-corrected chi connectivity index (χ1v) is 9.73. The summed E-state index contributed by atoms with van der Waals surface area (Å²) in [6, 6.07) is 22.7. The van der Waals surface area contributed by atoms with Gasteiger partial charge in [0.15, 0.2) is 0 Å². The molecule has 0 fully saturated rings. The van der Waals surface area contributed by atoms with Crippen LogP contribution in [0, 0.1) is 0 Å². The summed E-state index contributed by atoms with van der Waals surface area (Å²) in [5, 5.41) is 3.77. The molecule has 4 rings (SSSR count). The highest BCUT2D eigenvalue weighted by molar-refractivity contribution is 7.21. The van der Waals surface area contributed by atoms with Gasteiger partial charge >= 0.3 is 0 Å². The van der Waals surface area contributed by atoms with E-state index in [9.17, 15) is 4.79 Å². The Labute approximate surface area is 166 Å². The number of amides is 1. The van der Waals surface area contributed by atoms with Crippen LogP contribution in [0.2, 0.25) is 0 Å². The van der Waals surface area contributed by atoms with E-state index in [2.05, 4.69) is 10.3 Å². The number of nitrogens with one attached hydrogen (secondary N) is 1. The molecule has 0 unspecified atom stereocenters. The predicted molar refractivity (Wildman–Crippen MR) is 114 cm³/mol. The highest BCUT2D eigenvalue weighted by Gasteiger charge is 2.10. The van der Waals surface area contributed by atoms with E-state index in [-0.39, 0.29) is 5.91 Å². The van der Waals surface area contributed by atoms with Crippen molar-refractivity contribution in [3.8, 4) is 16.3 Å². The van der Waals surface area contributed by atoms with Crippen molar-refractivity contribution in [3.05, 3.63) is 78.4 Å². The molecule has 140 valence electrons. The zero-order chi connectivity index (χ0) is 19.3. The minimum absolute atomic E-state index is 0.127. The van der Waals surface area contributed by atoms with E-state index >= 15 is 0 Å². The van der Waals surface area contributed by atoms with Crippen LogP contribution in [0.5, 0.6) is 5.75 Å². The zero-order valence-electron chi connectivity index (χ0n) is 15.1. The van der Waals surface area contributed by atoms with Gasteiger partial charge in [-0.15, -0.1) is 11.3 Å². The van der Waals surface area contributed by atoms with Gasteiger partial charge in [0.25, 0.3) is 5.91 Å². The second kappa shape index (κ2) is 8.10. The lowest BCUT2D eigenvalue weighted by molar-refractivity contribution is 0.0947. The molecule has 0 spiro atoms. The molecule has 0 aliphatic carbocycles. The van der Waals surface area contributed by atoms with Gasteiger partial charge in [0, 0.05) is 16.8 Å². The van der Waals surface area contributed by atoms with Crippen LogP contribution in [0.25, 0.3) is 20.8 Å². The molecule has 0 saturated carbocycles. The summed E-state index contributed by atoms with van der Waals surface area (Å²) in [5.74, 6) is 0.661. The molecule has 0 bridgehead atoms. The topological polar surface area (TPSA) is 77.2 Å². The third-order valence-electron chi connectivity index (χ3n) is 4.18. The lowest BCUT2D eigenvalue weighted by Gasteiger charge is -2.07. The van der Waals surface area contributed by atoms with E-state index in [1.807, 2.05) is 66.7 Å². The van der Waals surface area contributed by atoms with Crippen molar-refractivity contribution >= 4 is 33.1 Å². The molecule has 0 atom stereocenters. The van der Waals surface area contributed by atoms with Gasteiger partial charge in [0.05, 0.1) is 16.8 Å². The summed E-state index contributed by atoms with van der Waals surface area (Å²) in [6.07, 6.45) is 0. The second-order valence-electron chi connectivity index (χ2n) is 6.24. The number of hydrogen-bond donors (Lipinski definition) is 2. The third-order valence-corrected chi connectivity index (χ3v) is 5.25. The molecule has 0 aliphatic heterocycles. The summed E-state index contributed by atoms with van der Waals surface area (Å²) < 4.78 is 6.56.